The number of aliphatic hydroxyl groups excluding tert-OH is 1. The maximum absolute atomic E-state index is 13.4. The van der Waals surface area contributed by atoms with E-state index in [0.29, 0.717) is 17.1 Å². The number of hydrogen-bond donors (Lipinski definition) is 2. The molecule has 0 amide bonds. The molecule has 0 spiro atoms. The molecule has 1 rings (SSSR count). The smallest absolute Gasteiger partial charge is 0.129 e. The normalized spacial score (nSPS) is 13.1. The summed E-state index contributed by atoms with van der Waals surface area (Å²) in [4.78, 5) is 0. The lowest BCUT2D eigenvalue weighted by molar-refractivity contribution is 0.209. The highest BCUT2D eigenvalue weighted by Gasteiger charge is 2.13. The van der Waals surface area contributed by atoms with Crippen molar-refractivity contribution in [3.8, 4) is 0 Å². The molecule has 1 aromatic rings. The van der Waals surface area contributed by atoms with Gasteiger partial charge in [0, 0.05) is 23.2 Å². The van der Waals surface area contributed by atoms with Crippen molar-refractivity contribution in [2.75, 3.05) is 6.61 Å². The number of aliphatic hydroxyl groups is 1. The molecule has 0 radical (unpaired) electrons. The van der Waals surface area contributed by atoms with Crippen molar-refractivity contribution in [2.24, 2.45) is 5.92 Å². The van der Waals surface area contributed by atoms with Crippen LogP contribution in [-0.2, 0) is 6.54 Å². The van der Waals surface area contributed by atoms with Crippen LogP contribution in [0.5, 0.6) is 0 Å². The molecule has 2 N–H and O–H groups in total. The summed E-state index contributed by atoms with van der Waals surface area (Å²) in [7, 11) is 0. The summed E-state index contributed by atoms with van der Waals surface area (Å²) >= 11 is 5.89. The monoisotopic (exact) mass is 245 g/mol. The molecule has 0 saturated carbocycles. The predicted molar refractivity (Wildman–Crippen MR) is 64.0 cm³/mol. The summed E-state index contributed by atoms with van der Waals surface area (Å²) in [5, 5.41) is 12.6. The van der Waals surface area contributed by atoms with Gasteiger partial charge in [0.15, 0.2) is 0 Å². The van der Waals surface area contributed by atoms with Gasteiger partial charge in [0.05, 0.1) is 6.61 Å². The largest absolute Gasteiger partial charge is 0.395 e. The van der Waals surface area contributed by atoms with Gasteiger partial charge in [-0.1, -0.05) is 31.5 Å². The highest BCUT2D eigenvalue weighted by atomic mass is 35.5. The first-order chi connectivity index (χ1) is 7.56. The second kappa shape index (κ2) is 6.18. The molecule has 1 aromatic carbocycles. The first-order valence-corrected chi connectivity index (χ1v) is 5.71. The van der Waals surface area contributed by atoms with E-state index in [9.17, 15) is 4.39 Å². The fourth-order valence-electron chi connectivity index (χ4n) is 1.45. The Bertz CT molecular complexity index is 324. The third kappa shape index (κ3) is 3.44. The summed E-state index contributed by atoms with van der Waals surface area (Å²) in [6, 6.07) is 4.57. The number of benzene rings is 1. The molecule has 0 aliphatic rings. The molecule has 0 saturated heterocycles. The Morgan fingerprint density at radius 2 is 2.12 bits per heavy atom. The quantitative estimate of drug-likeness (QED) is 0.836. The standard InChI is InChI=1S/C12H17ClFNO/c1-8(2)12(7-16)15-6-9-10(13)4-3-5-11(9)14/h3-5,8,12,15-16H,6-7H2,1-2H3. The lowest BCUT2D eigenvalue weighted by Gasteiger charge is -2.20. The summed E-state index contributed by atoms with van der Waals surface area (Å²) in [6.07, 6.45) is 0. The van der Waals surface area contributed by atoms with Crippen molar-refractivity contribution < 1.29 is 9.50 Å². The average Bonchev–Trinajstić information content (AvgIpc) is 2.22. The van der Waals surface area contributed by atoms with Gasteiger partial charge in [-0.15, -0.1) is 0 Å². The van der Waals surface area contributed by atoms with Crippen molar-refractivity contribution in [3.05, 3.63) is 34.6 Å². The molecule has 4 heteroatoms. The Kier molecular flexibility index (Phi) is 5.19. The molecule has 2 nitrogen and oxygen atoms in total. The fraction of sp³-hybridized carbons (Fsp3) is 0.500. The SMILES string of the molecule is CC(C)C(CO)NCc1c(F)cccc1Cl. The van der Waals surface area contributed by atoms with E-state index in [-0.39, 0.29) is 24.4 Å². The molecule has 0 aromatic heterocycles. The van der Waals surface area contributed by atoms with E-state index < -0.39 is 0 Å². The van der Waals surface area contributed by atoms with E-state index in [0.717, 1.165) is 0 Å². The van der Waals surface area contributed by atoms with Crippen LogP contribution >= 0.6 is 11.6 Å². The van der Waals surface area contributed by atoms with Crippen LogP contribution < -0.4 is 5.32 Å². The molecule has 1 unspecified atom stereocenters. The van der Waals surface area contributed by atoms with Gasteiger partial charge in [-0.2, -0.15) is 0 Å². The summed E-state index contributed by atoms with van der Waals surface area (Å²) in [6.45, 7) is 4.35. The molecule has 90 valence electrons. The third-order valence-electron chi connectivity index (χ3n) is 2.60. The van der Waals surface area contributed by atoms with Gasteiger partial charge in [-0.3, -0.25) is 0 Å². The zero-order valence-corrected chi connectivity index (χ0v) is 10.3. The zero-order valence-electron chi connectivity index (χ0n) is 9.50. The number of halogens is 2. The topological polar surface area (TPSA) is 32.3 Å². The Balaban J connectivity index is 2.67. The van der Waals surface area contributed by atoms with Crippen molar-refractivity contribution in [1.82, 2.24) is 5.32 Å². The first-order valence-electron chi connectivity index (χ1n) is 5.33. The van der Waals surface area contributed by atoms with Gasteiger partial charge in [0.1, 0.15) is 5.82 Å². The molecule has 0 fully saturated rings. The van der Waals surface area contributed by atoms with E-state index in [1.807, 2.05) is 13.8 Å². The van der Waals surface area contributed by atoms with Crippen LogP contribution in [0.3, 0.4) is 0 Å². The lowest BCUT2D eigenvalue weighted by atomic mass is 10.0. The van der Waals surface area contributed by atoms with E-state index in [2.05, 4.69) is 5.32 Å². The Labute approximate surface area is 100 Å². The number of hydrogen-bond acceptors (Lipinski definition) is 2. The Morgan fingerprint density at radius 3 is 2.62 bits per heavy atom. The fourth-order valence-corrected chi connectivity index (χ4v) is 1.68. The van der Waals surface area contributed by atoms with Crippen LogP contribution in [0.4, 0.5) is 4.39 Å². The molecule has 16 heavy (non-hydrogen) atoms. The predicted octanol–water partition coefficient (Wildman–Crippen LogP) is 2.59. The van der Waals surface area contributed by atoms with E-state index >= 15 is 0 Å². The molecule has 0 bridgehead atoms. The maximum atomic E-state index is 13.4. The van der Waals surface area contributed by atoms with Crippen LogP contribution in [0.25, 0.3) is 0 Å². The zero-order chi connectivity index (χ0) is 12.1. The molecule has 0 aliphatic carbocycles. The highest BCUT2D eigenvalue weighted by Crippen LogP contribution is 2.19. The third-order valence-corrected chi connectivity index (χ3v) is 2.96. The van der Waals surface area contributed by atoms with Crippen molar-refractivity contribution in [2.45, 2.75) is 26.4 Å². The summed E-state index contributed by atoms with van der Waals surface area (Å²) in [5.41, 5.74) is 0.447. The van der Waals surface area contributed by atoms with Gasteiger partial charge in [-0.05, 0) is 18.1 Å². The minimum Gasteiger partial charge on any atom is -0.395 e. The Morgan fingerprint density at radius 1 is 1.44 bits per heavy atom. The Hall–Kier alpha value is -0.640. The summed E-state index contributed by atoms with van der Waals surface area (Å²) in [5.74, 6) is -0.0315. The number of rotatable bonds is 5. The molecule has 0 aliphatic heterocycles. The lowest BCUT2D eigenvalue weighted by Crippen LogP contribution is -2.36. The molecular weight excluding hydrogens is 229 g/mol. The van der Waals surface area contributed by atoms with Gasteiger partial charge in [0.25, 0.3) is 0 Å². The van der Waals surface area contributed by atoms with Crippen molar-refractivity contribution in [3.63, 3.8) is 0 Å². The van der Waals surface area contributed by atoms with Crippen molar-refractivity contribution >= 4 is 11.6 Å². The first kappa shape index (κ1) is 13.4. The van der Waals surface area contributed by atoms with Crippen LogP contribution in [0.15, 0.2) is 18.2 Å². The second-order valence-corrected chi connectivity index (χ2v) is 4.52. The molecular formula is C12H17ClFNO. The highest BCUT2D eigenvalue weighted by molar-refractivity contribution is 6.31. The van der Waals surface area contributed by atoms with Crippen LogP contribution in [0.1, 0.15) is 19.4 Å². The van der Waals surface area contributed by atoms with Crippen LogP contribution in [0.2, 0.25) is 5.02 Å². The van der Waals surface area contributed by atoms with Gasteiger partial charge < -0.3 is 10.4 Å². The van der Waals surface area contributed by atoms with E-state index in [1.165, 1.54) is 6.07 Å². The van der Waals surface area contributed by atoms with Crippen LogP contribution in [0, 0.1) is 11.7 Å². The maximum Gasteiger partial charge on any atom is 0.129 e. The molecule has 1 atom stereocenters. The minimum atomic E-state index is -0.319. The molecule has 0 heterocycles. The summed E-state index contributed by atoms with van der Waals surface area (Å²) < 4.78 is 13.4. The van der Waals surface area contributed by atoms with Crippen molar-refractivity contribution in [1.29, 1.82) is 0 Å². The van der Waals surface area contributed by atoms with Gasteiger partial charge >= 0.3 is 0 Å². The van der Waals surface area contributed by atoms with Gasteiger partial charge in [0.2, 0.25) is 0 Å². The van der Waals surface area contributed by atoms with Gasteiger partial charge in [-0.25, -0.2) is 4.39 Å². The second-order valence-electron chi connectivity index (χ2n) is 4.11. The van der Waals surface area contributed by atoms with E-state index in [1.54, 1.807) is 12.1 Å². The van der Waals surface area contributed by atoms with E-state index in [4.69, 9.17) is 16.7 Å². The minimum absolute atomic E-state index is 0.0315. The van der Waals surface area contributed by atoms with Crippen LogP contribution in [-0.4, -0.2) is 17.8 Å². The average molecular weight is 246 g/mol. The number of nitrogens with one attached hydrogen (secondary N) is 1.